The van der Waals surface area contributed by atoms with Crippen LogP contribution in [0.1, 0.15) is 28.9 Å². The van der Waals surface area contributed by atoms with E-state index in [1.807, 2.05) is 12.1 Å². The van der Waals surface area contributed by atoms with Crippen molar-refractivity contribution in [1.29, 1.82) is 0 Å². The molecule has 0 aliphatic carbocycles. The van der Waals surface area contributed by atoms with Gasteiger partial charge in [-0.1, -0.05) is 23.7 Å². The number of nitrogens with zero attached hydrogens (tertiary/aromatic N) is 4. The van der Waals surface area contributed by atoms with Crippen LogP contribution >= 0.6 is 11.6 Å². The molecule has 0 amide bonds. The van der Waals surface area contributed by atoms with Gasteiger partial charge < -0.3 is 5.32 Å². The maximum absolute atomic E-state index is 6.00. The lowest BCUT2D eigenvalue weighted by atomic mass is 10.1. The van der Waals surface area contributed by atoms with Crippen LogP contribution in [0.3, 0.4) is 0 Å². The maximum Gasteiger partial charge on any atom is 0.0662 e. The van der Waals surface area contributed by atoms with E-state index in [9.17, 15) is 0 Å². The first kappa shape index (κ1) is 18.9. The summed E-state index contributed by atoms with van der Waals surface area (Å²) in [6, 6.07) is 8.78. The van der Waals surface area contributed by atoms with E-state index >= 15 is 0 Å². The summed E-state index contributed by atoms with van der Waals surface area (Å²) in [6.45, 7) is 13.2. The minimum atomic E-state index is 0.719. The number of halogens is 1. The standard InChI is InChI=1S/C21H30ClN5/c1-16-21(15-25-10-7-20(14-25)26-11-8-23-9-12-26)17(2)27(24-16)13-18-3-5-19(22)6-4-18/h3-6,20,23H,7-15H2,1-2H3. The predicted molar refractivity (Wildman–Crippen MR) is 110 cm³/mol. The number of aromatic nitrogens is 2. The molecule has 1 aromatic carbocycles. The number of rotatable bonds is 5. The summed E-state index contributed by atoms with van der Waals surface area (Å²) in [4.78, 5) is 5.27. The fraction of sp³-hybridized carbons (Fsp3) is 0.571. The third-order valence-electron chi connectivity index (χ3n) is 6.07. The van der Waals surface area contributed by atoms with Crippen LogP contribution in [0.25, 0.3) is 0 Å². The van der Waals surface area contributed by atoms with Crippen molar-refractivity contribution in [3.05, 3.63) is 51.8 Å². The molecule has 1 atom stereocenters. The summed E-state index contributed by atoms with van der Waals surface area (Å²) in [6.07, 6.45) is 1.29. The first-order chi connectivity index (χ1) is 13.1. The van der Waals surface area contributed by atoms with E-state index in [2.05, 4.69) is 45.8 Å². The average molecular weight is 388 g/mol. The molecule has 1 unspecified atom stereocenters. The van der Waals surface area contributed by atoms with Crippen LogP contribution < -0.4 is 5.32 Å². The highest BCUT2D eigenvalue weighted by Gasteiger charge is 2.29. The number of hydrogen-bond acceptors (Lipinski definition) is 4. The van der Waals surface area contributed by atoms with Gasteiger partial charge in [0.2, 0.25) is 0 Å². The van der Waals surface area contributed by atoms with Crippen molar-refractivity contribution in [3.63, 3.8) is 0 Å². The van der Waals surface area contributed by atoms with Crippen molar-refractivity contribution >= 4 is 11.6 Å². The Kier molecular flexibility index (Phi) is 5.83. The zero-order valence-corrected chi connectivity index (χ0v) is 17.2. The second-order valence-corrected chi connectivity index (χ2v) is 8.33. The SMILES string of the molecule is Cc1nn(Cc2ccc(Cl)cc2)c(C)c1CN1CCC(N2CCNCC2)C1. The molecule has 146 valence electrons. The van der Waals surface area contributed by atoms with E-state index in [0.29, 0.717) is 0 Å². The van der Waals surface area contributed by atoms with Crippen LogP contribution in [-0.2, 0) is 13.1 Å². The topological polar surface area (TPSA) is 36.3 Å². The summed E-state index contributed by atoms with van der Waals surface area (Å²) in [7, 11) is 0. The highest BCUT2D eigenvalue weighted by Crippen LogP contribution is 2.22. The Balaban J connectivity index is 1.40. The fourth-order valence-corrected chi connectivity index (χ4v) is 4.53. The molecule has 6 heteroatoms. The number of piperazine rings is 1. The van der Waals surface area contributed by atoms with Crippen LogP contribution in [0.2, 0.25) is 5.02 Å². The summed E-state index contributed by atoms with van der Waals surface area (Å²) in [5.74, 6) is 0. The lowest BCUT2D eigenvalue weighted by Gasteiger charge is -2.32. The van der Waals surface area contributed by atoms with Gasteiger partial charge in [-0.05, 0) is 38.0 Å². The van der Waals surface area contributed by atoms with Gasteiger partial charge in [0.05, 0.1) is 12.2 Å². The Morgan fingerprint density at radius 2 is 1.81 bits per heavy atom. The molecule has 4 rings (SSSR count). The van der Waals surface area contributed by atoms with Crippen molar-refractivity contribution in [2.45, 2.75) is 39.4 Å². The molecule has 2 aliphatic rings. The van der Waals surface area contributed by atoms with E-state index in [1.165, 1.54) is 49.4 Å². The smallest absolute Gasteiger partial charge is 0.0662 e. The molecule has 0 spiro atoms. The van der Waals surface area contributed by atoms with E-state index < -0.39 is 0 Å². The van der Waals surface area contributed by atoms with Gasteiger partial charge in [-0.25, -0.2) is 0 Å². The maximum atomic E-state index is 6.00. The van der Waals surface area contributed by atoms with Crippen molar-refractivity contribution in [1.82, 2.24) is 24.9 Å². The Bertz CT molecular complexity index is 764. The number of hydrogen-bond donors (Lipinski definition) is 1. The Labute approximate surface area is 167 Å². The molecule has 2 aromatic rings. The van der Waals surface area contributed by atoms with Gasteiger partial charge in [0.1, 0.15) is 0 Å². The second-order valence-electron chi connectivity index (χ2n) is 7.90. The molecule has 1 aromatic heterocycles. The van der Waals surface area contributed by atoms with Gasteiger partial charge in [0.15, 0.2) is 0 Å². The summed E-state index contributed by atoms with van der Waals surface area (Å²) in [5.41, 5.74) is 5.07. The molecule has 5 nitrogen and oxygen atoms in total. The largest absolute Gasteiger partial charge is 0.314 e. The molecule has 0 saturated carbocycles. The molecular weight excluding hydrogens is 358 g/mol. The molecule has 2 aliphatic heterocycles. The van der Waals surface area contributed by atoms with Gasteiger partial charge in [0, 0.05) is 68.1 Å². The number of aryl methyl sites for hydroxylation is 1. The first-order valence-corrected chi connectivity index (χ1v) is 10.4. The normalized spacial score (nSPS) is 21.8. The van der Waals surface area contributed by atoms with E-state index in [0.717, 1.165) is 42.9 Å². The van der Waals surface area contributed by atoms with E-state index in [-0.39, 0.29) is 0 Å². The van der Waals surface area contributed by atoms with Crippen molar-refractivity contribution in [2.75, 3.05) is 39.3 Å². The van der Waals surface area contributed by atoms with E-state index in [1.54, 1.807) is 0 Å². The number of likely N-dealkylation sites (tertiary alicyclic amines) is 1. The van der Waals surface area contributed by atoms with Crippen molar-refractivity contribution in [2.24, 2.45) is 0 Å². The van der Waals surface area contributed by atoms with E-state index in [4.69, 9.17) is 16.7 Å². The quantitative estimate of drug-likeness (QED) is 0.855. The van der Waals surface area contributed by atoms with Gasteiger partial charge in [-0.3, -0.25) is 14.5 Å². The molecular formula is C21H30ClN5. The molecule has 0 bridgehead atoms. The first-order valence-electron chi connectivity index (χ1n) is 10.0. The zero-order chi connectivity index (χ0) is 18.8. The zero-order valence-electron chi connectivity index (χ0n) is 16.4. The highest BCUT2D eigenvalue weighted by atomic mass is 35.5. The number of nitrogens with one attached hydrogen (secondary N) is 1. The van der Waals surface area contributed by atoms with Crippen LogP contribution in [0.5, 0.6) is 0 Å². The van der Waals surface area contributed by atoms with Crippen LogP contribution in [-0.4, -0.2) is 64.9 Å². The Hall–Kier alpha value is -1.40. The van der Waals surface area contributed by atoms with Gasteiger partial charge >= 0.3 is 0 Å². The molecule has 2 fully saturated rings. The number of benzene rings is 1. The van der Waals surface area contributed by atoms with Crippen molar-refractivity contribution < 1.29 is 0 Å². The molecule has 0 radical (unpaired) electrons. The summed E-state index contributed by atoms with van der Waals surface area (Å²) < 4.78 is 2.14. The summed E-state index contributed by atoms with van der Waals surface area (Å²) >= 11 is 6.00. The fourth-order valence-electron chi connectivity index (χ4n) is 4.40. The third kappa shape index (κ3) is 4.37. The van der Waals surface area contributed by atoms with Gasteiger partial charge in [0.25, 0.3) is 0 Å². The van der Waals surface area contributed by atoms with Crippen LogP contribution in [0, 0.1) is 13.8 Å². The van der Waals surface area contributed by atoms with Crippen LogP contribution in [0.15, 0.2) is 24.3 Å². The summed E-state index contributed by atoms with van der Waals surface area (Å²) in [5, 5.41) is 9.05. The van der Waals surface area contributed by atoms with Crippen LogP contribution in [0.4, 0.5) is 0 Å². The molecule has 3 heterocycles. The Morgan fingerprint density at radius 3 is 2.56 bits per heavy atom. The second kappa shape index (κ2) is 8.31. The monoisotopic (exact) mass is 387 g/mol. The minimum absolute atomic E-state index is 0.719. The Morgan fingerprint density at radius 1 is 1.07 bits per heavy atom. The molecule has 1 N–H and O–H groups in total. The average Bonchev–Trinajstić information content (AvgIpc) is 3.25. The third-order valence-corrected chi connectivity index (χ3v) is 6.33. The molecule has 27 heavy (non-hydrogen) atoms. The highest BCUT2D eigenvalue weighted by molar-refractivity contribution is 6.30. The minimum Gasteiger partial charge on any atom is -0.314 e. The van der Waals surface area contributed by atoms with Gasteiger partial charge in [-0.2, -0.15) is 5.10 Å². The van der Waals surface area contributed by atoms with Crippen molar-refractivity contribution in [3.8, 4) is 0 Å². The lowest BCUT2D eigenvalue weighted by Crippen LogP contribution is -2.49. The lowest BCUT2D eigenvalue weighted by molar-refractivity contribution is 0.170. The molecule has 2 saturated heterocycles. The van der Waals surface area contributed by atoms with Gasteiger partial charge in [-0.15, -0.1) is 0 Å². The predicted octanol–water partition coefficient (Wildman–Crippen LogP) is 2.68.